The number of hydrogen-bond acceptors (Lipinski definition) is 12. The Bertz CT molecular complexity index is 1510. The number of hydrogen-bond donors (Lipinski definition) is 6. The lowest BCUT2D eigenvalue weighted by Crippen LogP contribution is -2.46. The van der Waals surface area contributed by atoms with Crippen LogP contribution in [0.2, 0.25) is 0 Å². The summed E-state index contributed by atoms with van der Waals surface area (Å²) in [6, 6.07) is 7.66. The van der Waals surface area contributed by atoms with Gasteiger partial charge in [-0.2, -0.15) is 13.1 Å². The Morgan fingerprint density at radius 3 is 2.74 bits per heavy atom. The van der Waals surface area contributed by atoms with Crippen LogP contribution in [0.25, 0.3) is 11.2 Å². The topological polar surface area (TPSA) is 228 Å². The van der Waals surface area contributed by atoms with Crippen molar-refractivity contribution in [1.82, 2.24) is 24.0 Å². The molecule has 1 unspecified atom stereocenters. The number of nitrogens with one attached hydrogen (secondary N) is 2. The maximum atomic E-state index is 12.4. The monoisotopic (exact) mass is 548 g/mol. The number of nitrogen functional groups attached to an aromatic ring is 1. The van der Waals surface area contributed by atoms with Crippen LogP contribution in [0.1, 0.15) is 35.0 Å². The number of esters is 1. The van der Waals surface area contributed by atoms with Gasteiger partial charge in [-0.1, -0.05) is 18.2 Å². The fraction of sp³-hybridized carbons (Fsp3) is 0.364. The number of carbonyl (C=O) groups is 2. The zero-order valence-electron chi connectivity index (χ0n) is 19.6. The summed E-state index contributed by atoms with van der Waals surface area (Å²) in [5.74, 6) is -3.80. The van der Waals surface area contributed by atoms with Crippen molar-refractivity contribution in [3.63, 3.8) is 0 Å². The van der Waals surface area contributed by atoms with E-state index < -0.39 is 65.4 Å². The van der Waals surface area contributed by atoms with Gasteiger partial charge in [0.25, 0.3) is 0 Å². The molecule has 0 saturated carbocycles. The Kier molecular flexibility index (Phi) is 6.54. The predicted octanol–water partition coefficient (Wildman–Crippen LogP) is -1.62. The molecule has 0 spiro atoms. The number of ether oxygens (including phenoxy) is 2. The van der Waals surface area contributed by atoms with Crippen LogP contribution in [0.3, 0.4) is 0 Å². The first-order valence-electron chi connectivity index (χ1n) is 11.4. The average molecular weight is 549 g/mol. The number of imidazole rings is 1. The highest BCUT2D eigenvalue weighted by molar-refractivity contribution is 7.88. The van der Waals surface area contributed by atoms with Crippen molar-refractivity contribution >= 4 is 38.9 Å². The SMILES string of the molecule is Nc1ccnc2c1ncn2[C@@H]1O[C@H](CNS(=O)(=O)NC(=O)CCC2(O)OC(=O)c3ccccc32)[C@@H](O)[C@H]1O. The lowest BCUT2D eigenvalue weighted by molar-refractivity contribution is -0.170. The van der Waals surface area contributed by atoms with Crippen molar-refractivity contribution < 1.29 is 42.8 Å². The van der Waals surface area contributed by atoms with E-state index in [4.69, 9.17) is 15.2 Å². The van der Waals surface area contributed by atoms with Gasteiger partial charge in [-0.05, 0) is 12.1 Å². The molecule has 5 rings (SSSR count). The van der Waals surface area contributed by atoms with Crippen molar-refractivity contribution in [3.05, 3.63) is 54.0 Å². The maximum absolute atomic E-state index is 12.4. The first kappa shape index (κ1) is 26.0. The highest BCUT2D eigenvalue weighted by Crippen LogP contribution is 2.37. The summed E-state index contributed by atoms with van der Waals surface area (Å²) in [5, 5.41) is 31.6. The molecule has 2 aliphatic heterocycles. The zero-order valence-corrected chi connectivity index (χ0v) is 20.4. The highest BCUT2D eigenvalue weighted by Gasteiger charge is 2.45. The van der Waals surface area contributed by atoms with E-state index in [-0.39, 0.29) is 17.5 Å². The van der Waals surface area contributed by atoms with Crippen LogP contribution in [0.4, 0.5) is 5.69 Å². The Balaban J connectivity index is 1.17. The number of nitrogens with two attached hydrogens (primary N) is 1. The molecule has 1 amide bonds. The van der Waals surface area contributed by atoms with Gasteiger partial charge >= 0.3 is 16.2 Å². The van der Waals surface area contributed by atoms with E-state index in [1.54, 1.807) is 22.9 Å². The third kappa shape index (κ3) is 4.68. The molecule has 1 aromatic carbocycles. The first-order valence-corrected chi connectivity index (χ1v) is 12.9. The second-order valence-corrected chi connectivity index (χ2v) is 10.4. The molecular formula is C22H24N6O9S. The van der Waals surface area contributed by atoms with Crippen molar-refractivity contribution in [1.29, 1.82) is 0 Å². The number of aromatic nitrogens is 3. The molecular weight excluding hydrogens is 524 g/mol. The van der Waals surface area contributed by atoms with E-state index in [0.717, 1.165) is 0 Å². The van der Waals surface area contributed by atoms with Crippen LogP contribution in [0.5, 0.6) is 0 Å². The number of cyclic esters (lactones) is 1. The molecule has 1 saturated heterocycles. The number of rotatable bonds is 8. The molecule has 5 atom stereocenters. The molecule has 38 heavy (non-hydrogen) atoms. The standard InChI is InChI=1S/C22H24N6O9S/c23-13-6-8-24-19-16(13)25-10-28(19)20-18(31)17(30)14(36-20)9-26-38(34,35)27-15(29)5-7-22(33)12-4-2-1-3-11(12)21(32)37-22/h1-4,6,8,10,14,17-18,20,26,30-31,33H,5,7,9H2,(H2,23,24)(H,27,29)/t14-,17-,18-,20-,22?/m1/s1. The van der Waals surface area contributed by atoms with Crippen molar-refractivity contribution in [2.45, 2.75) is 43.2 Å². The van der Waals surface area contributed by atoms with E-state index in [0.29, 0.717) is 16.9 Å². The van der Waals surface area contributed by atoms with Crippen LogP contribution < -0.4 is 15.2 Å². The summed E-state index contributed by atoms with van der Waals surface area (Å²) >= 11 is 0. The summed E-state index contributed by atoms with van der Waals surface area (Å²) in [6.45, 7) is -0.492. The zero-order chi connectivity index (χ0) is 27.2. The minimum absolute atomic E-state index is 0.156. The largest absolute Gasteiger partial charge is 0.425 e. The molecule has 2 aliphatic rings. The summed E-state index contributed by atoms with van der Waals surface area (Å²) in [7, 11) is -4.42. The number of benzene rings is 1. The van der Waals surface area contributed by atoms with E-state index in [2.05, 4.69) is 14.7 Å². The normalized spacial score (nSPS) is 26.9. The van der Waals surface area contributed by atoms with Gasteiger partial charge < -0.3 is 30.5 Å². The second-order valence-electron chi connectivity index (χ2n) is 8.87. The third-order valence-corrected chi connectivity index (χ3v) is 7.39. The minimum Gasteiger partial charge on any atom is -0.425 e. The Morgan fingerprint density at radius 1 is 1.18 bits per heavy atom. The molecule has 0 radical (unpaired) electrons. The van der Waals surface area contributed by atoms with Gasteiger partial charge in [0.1, 0.15) is 23.8 Å². The summed E-state index contributed by atoms with van der Waals surface area (Å²) in [6.07, 6.45) is -3.35. The van der Waals surface area contributed by atoms with Gasteiger partial charge in [0.15, 0.2) is 11.9 Å². The van der Waals surface area contributed by atoms with Crippen molar-refractivity contribution in [2.24, 2.45) is 0 Å². The number of anilines is 1. The predicted molar refractivity (Wildman–Crippen MR) is 128 cm³/mol. The molecule has 2 aromatic heterocycles. The molecule has 7 N–H and O–H groups in total. The summed E-state index contributed by atoms with van der Waals surface area (Å²) < 4.78 is 40.7. The third-order valence-electron chi connectivity index (χ3n) is 6.35. The second kappa shape index (κ2) is 9.57. The van der Waals surface area contributed by atoms with Crippen molar-refractivity contribution in [3.8, 4) is 0 Å². The average Bonchev–Trinajstić information content (AvgIpc) is 3.51. The van der Waals surface area contributed by atoms with E-state index in [1.807, 2.05) is 0 Å². The lowest BCUT2D eigenvalue weighted by atomic mass is 9.98. The lowest BCUT2D eigenvalue weighted by Gasteiger charge is -2.22. The smallest absolute Gasteiger partial charge is 0.341 e. The van der Waals surface area contributed by atoms with Gasteiger partial charge in [-0.15, -0.1) is 0 Å². The van der Waals surface area contributed by atoms with Crippen LogP contribution in [0, 0.1) is 0 Å². The fourth-order valence-corrected chi connectivity index (χ4v) is 5.29. The number of carbonyl (C=O) groups excluding carboxylic acids is 2. The molecule has 0 aliphatic carbocycles. The Labute approximate surface area is 215 Å². The quantitative estimate of drug-likeness (QED) is 0.175. The molecule has 202 valence electrons. The van der Waals surface area contributed by atoms with Gasteiger partial charge in [0.2, 0.25) is 11.7 Å². The van der Waals surface area contributed by atoms with Crippen LogP contribution >= 0.6 is 0 Å². The Hall–Kier alpha value is -3.67. The molecule has 1 fully saturated rings. The van der Waals surface area contributed by atoms with Gasteiger partial charge in [-0.25, -0.2) is 19.5 Å². The van der Waals surface area contributed by atoms with Gasteiger partial charge in [0.05, 0.1) is 17.6 Å². The van der Waals surface area contributed by atoms with Crippen molar-refractivity contribution in [2.75, 3.05) is 12.3 Å². The molecule has 3 aromatic rings. The van der Waals surface area contributed by atoms with Gasteiger partial charge in [0, 0.05) is 31.1 Å². The van der Waals surface area contributed by atoms with Crippen LogP contribution in [-0.2, 0) is 30.3 Å². The van der Waals surface area contributed by atoms with Gasteiger partial charge in [-0.3, -0.25) is 9.36 Å². The van der Waals surface area contributed by atoms with E-state index in [9.17, 15) is 33.3 Å². The van der Waals surface area contributed by atoms with Crippen LogP contribution in [0.15, 0.2) is 42.9 Å². The minimum atomic E-state index is -4.42. The molecule has 0 bridgehead atoms. The highest BCUT2D eigenvalue weighted by atomic mass is 32.2. The molecule has 16 heteroatoms. The fourth-order valence-electron chi connectivity index (χ4n) is 4.43. The summed E-state index contributed by atoms with van der Waals surface area (Å²) in [5.41, 5.74) is 7.22. The Morgan fingerprint density at radius 2 is 1.95 bits per heavy atom. The molecule has 15 nitrogen and oxygen atoms in total. The maximum Gasteiger partial charge on any atom is 0.341 e. The number of nitrogens with zero attached hydrogens (tertiary/aromatic N) is 3. The van der Waals surface area contributed by atoms with Crippen LogP contribution in [-0.4, -0.2) is 75.0 Å². The molecule has 4 heterocycles. The van der Waals surface area contributed by atoms with E-state index in [1.165, 1.54) is 29.2 Å². The number of aliphatic hydroxyl groups is 3. The van der Waals surface area contributed by atoms with E-state index >= 15 is 0 Å². The number of fused-ring (bicyclic) bond motifs is 2. The number of amides is 1. The first-order chi connectivity index (χ1) is 18.0. The number of aliphatic hydroxyl groups excluding tert-OH is 2. The number of pyridine rings is 1. The summed E-state index contributed by atoms with van der Waals surface area (Å²) in [4.78, 5) is 32.5.